The summed E-state index contributed by atoms with van der Waals surface area (Å²) in [6, 6.07) is 0. The van der Waals surface area contributed by atoms with Crippen molar-refractivity contribution in [3.8, 4) is 0 Å². The van der Waals surface area contributed by atoms with Gasteiger partial charge < -0.3 is 14.6 Å². The number of anilines is 1. The highest BCUT2D eigenvalue weighted by molar-refractivity contribution is 5.90. The molecule has 0 aliphatic rings. The van der Waals surface area contributed by atoms with Gasteiger partial charge >= 0.3 is 5.97 Å². The molecule has 0 fully saturated rings. The topological polar surface area (TPSA) is 94.8 Å². The predicted molar refractivity (Wildman–Crippen MR) is 71.1 cm³/mol. The van der Waals surface area contributed by atoms with E-state index in [2.05, 4.69) is 25.5 Å². The fraction of sp³-hybridized carbons (Fsp3) is 0.417. The summed E-state index contributed by atoms with van der Waals surface area (Å²) in [6.07, 6.45) is 3.08. The first-order chi connectivity index (χ1) is 9.61. The maximum atomic E-state index is 11.6. The van der Waals surface area contributed by atoms with Crippen LogP contribution in [0.3, 0.4) is 0 Å². The van der Waals surface area contributed by atoms with Crippen LogP contribution in [-0.2, 0) is 18.3 Å². The first kappa shape index (κ1) is 13.9. The summed E-state index contributed by atoms with van der Waals surface area (Å²) in [5, 5.41) is 10.8. The molecule has 0 aliphatic carbocycles. The van der Waals surface area contributed by atoms with Gasteiger partial charge in [-0.2, -0.15) is 0 Å². The first-order valence-corrected chi connectivity index (χ1v) is 6.19. The molecule has 0 bridgehead atoms. The van der Waals surface area contributed by atoms with Crippen molar-refractivity contribution in [2.75, 3.05) is 11.9 Å². The van der Waals surface area contributed by atoms with Gasteiger partial charge in [-0.15, -0.1) is 10.2 Å². The minimum absolute atomic E-state index is 0.324. The van der Waals surface area contributed by atoms with Crippen LogP contribution in [0, 0.1) is 6.92 Å². The van der Waals surface area contributed by atoms with Crippen LogP contribution in [0.1, 0.15) is 28.8 Å². The zero-order valence-corrected chi connectivity index (χ0v) is 11.6. The van der Waals surface area contributed by atoms with Crippen LogP contribution >= 0.6 is 0 Å². The van der Waals surface area contributed by atoms with E-state index < -0.39 is 5.97 Å². The van der Waals surface area contributed by atoms with Gasteiger partial charge in [0.2, 0.25) is 5.95 Å². The van der Waals surface area contributed by atoms with Gasteiger partial charge in [0, 0.05) is 13.2 Å². The lowest BCUT2D eigenvalue weighted by atomic mass is 10.2. The Labute approximate surface area is 116 Å². The van der Waals surface area contributed by atoms with Crippen molar-refractivity contribution >= 4 is 11.9 Å². The van der Waals surface area contributed by atoms with Gasteiger partial charge in [0.15, 0.2) is 5.82 Å². The second-order valence-corrected chi connectivity index (χ2v) is 4.12. The lowest BCUT2D eigenvalue weighted by Crippen LogP contribution is -2.12. The molecule has 0 unspecified atom stereocenters. The molecule has 20 heavy (non-hydrogen) atoms. The predicted octanol–water partition coefficient (Wildman–Crippen LogP) is 0.702. The van der Waals surface area contributed by atoms with E-state index in [-0.39, 0.29) is 0 Å². The maximum Gasteiger partial charge on any atom is 0.341 e. The summed E-state index contributed by atoms with van der Waals surface area (Å²) in [4.78, 5) is 19.9. The summed E-state index contributed by atoms with van der Waals surface area (Å²) in [7, 11) is 1.85. The smallest absolute Gasteiger partial charge is 0.341 e. The number of rotatable bonds is 5. The molecule has 2 rings (SSSR count). The van der Waals surface area contributed by atoms with Crippen molar-refractivity contribution < 1.29 is 9.53 Å². The van der Waals surface area contributed by atoms with Crippen molar-refractivity contribution in [3.05, 3.63) is 29.6 Å². The molecular weight excluding hydrogens is 260 g/mol. The first-order valence-electron chi connectivity index (χ1n) is 6.19. The number of ether oxygens (including phenoxy) is 1. The molecular formula is C12H16N6O2. The van der Waals surface area contributed by atoms with Gasteiger partial charge in [-0.25, -0.2) is 14.8 Å². The molecule has 0 atom stereocenters. The van der Waals surface area contributed by atoms with Crippen molar-refractivity contribution in [1.29, 1.82) is 0 Å². The molecule has 0 aromatic carbocycles. The largest absolute Gasteiger partial charge is 0.462 e. The number of aromatic nitrogens is 5. The second kappa shape index (κ2) is 6.09. The molecule has 2 heterocycles. The standard InChI is InChI=1S/C12H16N6O2/c1-4-20-11(19)9-5-13-12(16-8(9)2)14-6-10-17-15-7-18(10)3/h5,7H,4,6H2,1-3H3,(H,13,14,16). The van der Waals surface area contributed by atoms with Gasteiger partial charge in [-0.1, -0.05) is 0 Å². The molecule has 0 radical (unpaired) electrons. The molecule has 0 aliphatic heterocycles. The number of hydrogen-bond donors (Lipinski definition) is 1. The number of aryl methyl sites for hydroxylation is 2. The zero-order valence-electron chi connectivity index (χ0n) is 11.6. The Morgan fingerprint density at radius 2 is 2.30 bits per heavy atom. The minimum atomic E-state index is -0.412. The third-order valence-electron chi connectivity index (χ3n) is 2.68. The average Bonchev–Trinajstić information content (AvgIpc) is 2.82. The van der Waals surface area contributed by atoms with Gasteiger partial charge in [0.05, 0.1) is 24.4 Å². The molecule has 1 N–H and O–H groups in total. The molecule has 0 saturated heterocycles. The highest BCUT2D eigenvalue weighted by Crippen LogP contribution is 2.09. The molecule has 106 valence electrons. The Bertz CT molecular complexity index is 610. The summed E-state index contributed by atoms with van der Waals surface area (Å²) in [5.41, 5.74) is 0.940. The molecule has 8 heteroatoms. The Morgan fingerprint density at radius 3 is 2.90 bits per heavy atom. The Hall–Kier alpha value is -2.51. The number of esters is 1. The Balaban J connectivity index is 2.05. The second-order valence-electron chi connectivity index (χ2n) is 4.12. The Kier molecular flexibility index (Phi) is 4.24. The van der Waals surface area contributed by atoms with Crippen LogP contribution in [0.25, 0.3) is 0 Å². The van der Waals surface area contributed by atoms with Gasteiger partial charge in [-0.3, -0.25) is 0 Å². The van der Waals surface area contributed by atoms with Crippen LogP contribution in [0.4, 0.5) is 5.95 Å². The SMILES string of the molecule is CCOC(=O)c1cnc(NCc2nncn2C)nc1C. The number of carbonyl (C=O) groups excluding carboxylic acids is 1. The van der Waals surface area contributed by atoms with E-state index in [1.807, 2.05) is 7.05 Å². The van der Waals surface area contributed by atoms with E-state index in [4.69, 9.17) is 4.74 Å². The van der Waals surface area contributed by atoms with Gasteiger partial charge in [0.25, 0.3) is 0 Å². The summed E-state index contributed by atoms with van der Waals surface area (Å²) < 4.78 is 6.72. The fourth-order valence-corrected chi connectivity index (χ4v) is 1.59. The van der Waals surface area contributed by atoms with E-state index in [1.165, 1.54) is 6.20 Å². The van der Waals surface area contributed by atoms with Gasteiger partial charge in [0.1, 0.15) is 6.33 Å². The monoisotopic (exact) mass is 276 g/mol. The van der Waals surface area contributed by atoms with Crippen LogP contribution in [-0.4, -0.2) is 37.3 Å². The summed E-state index contributed by atoms with van der Waals surface area (Å²) >= 11 is 0. The number of carbonyl (C=O) groups is 1. The van der Waals surface area contributed by atoms with Crippen LogP contribution in [0.2, 0.25) is 0 Å². The van der Waals surface area contributed by atoms with Gasteiger partial charge in [-0.05, 0) is 13.8 Å². The molecule has 0 saturated carbocycles. The highest BCUT2D eigenvalue weighted by atomic mass is 16.5. The van der Waals surface area contributed by atoms with Crippen molar-refractivity contribution in [2.45, 2.75) is 20.4 Å². The third kappa shape index (κ3) is 3.08. The van der Waals surface area contributed by atoms with Crippen molar-refractivity contribution in [1.82, 2.24) is 24.7 Å². The van der Waals surface area contributed by atoms with E-state index in [9.17, 15) is 4.79 Å². The van der Waals surface area contributed by atoms with Crippen molar-refractivity contribution in [3.63, 3.8) is 0 Å². The number of nitrogens with zero attached hydrogens (tertiary/aromatic N) is 5. The number of hydrogen-bond acceptors (Lipinski definition) is 7. The lowest BCUT2D eigenvalue weighted by molar-refractivity contribution is 0.0524. The normalized spacial score (nSPS) is 10.3. The van der Waals surface area contributed by atoms with E-state index in [0.717, 1.165) is 5.82 Å². The van der Waals surface area contributed by atoms with Crippen molar-refractivity contribution in [2.24, 2.45) is 7.05 Å². The molecule has 0 spiro atoms. The highest BCUT2D eigenvalue weighted by Gasteiger charge is 2.12. The molecule has 2 aromatic heterocycles. The zero-order chi connectivity index (χ0) is 14.5. The van der Waals surface area contributed by atoms with Crippen LogP contribution in [0.5, 0.6) is 0 Å². The van der Waals surface area contributed by atoms with E-state index in [1.54, 1.807) is 24.7 Å². The molecule has 2 aromatic rings. The minimum Gasteiger partial charge on any atom is -0.462 e. The fourth-order valence-electron chi connectivity index (χ4n) is 1.59. The number of nitrogens with one attached hydrogen (secondary N) is 1. The summed E-state index contributed by atoms with van der Waals surface area (Å²) in [5.74, 6) is 0.782. The Morgan fingerprint density at radius 1 is 1.50 bits per heavy atom. The van der Waals surface area contributed by atoms with E-state index in [0.29, 0.717) is 30.4 Å². The molecule has 0 amide bonds. The quantitative estimate of drug-likeness (QED) is 0.803. The van der Waals surface area contributed by atoms with Crippen LogP contribution in [0.15, 0.2) is 12.5 Å². The van der Waals surface area contributed by atoms with E-state index >= 15 is 0 Å². The maximum absolute atomic E-state index is 11.6. The lowest BCUT2D eigenvalue weighted by Gasteiger charge is -2.07. The average molecular weight is 276 g/mol. The molecule has 8 nitrogen and oxygen atoms in total. The van der Waals surface area contributed by atoms with Crippen LogP contribution < -0.4 is 5.32 Å². The summed E-state index contributed by atoms with van der Waals surface area (Å²) in [6.45, 7) is 4.27. The third-order valence-corrected chi connectivity index (χ3v) is 2.68.